The molecule has 16 heavy (non-hydrogen) atoms. The second kappa shape index (κ2) is 3.50. The van der Waals surface area contributed by atoms with Gasteiger partial charge in [-0.05, 0) is 46.6 Å². The van der Waals surface area contributed by atoms with Gasteiger partial charge in [0.05, 0.1) is 0 Å². The fourth-order valence-electron chi connectivity index (χ4n) is 1.92. The first-order chi connectivity index (χ1) is 7.66. The molecule has 0 atom stereocenters. The molecule has 2 nitrogen and oxygen atoms in total. The first kappa shape index (κ1) is 10.2. The number of pyridine rings is 1. The summed E-state index contributed by atoms with van der Waals surface area (Å²) in [6.45, 7) is 2.05. The maximum absolute atomic E-state index is 4.46. The van der Waals surface area contributed by atoms with Gasteiger partial charge < -0.3 is 4.98 Å². The lowest BCUT2D eigenvalue weighted by atomic mass is 10.1. The van der Waals surface area contributed by atoms with Crippen LogP contribution in [0.3, 0.4) is 0 Å². The number of thiol groups is 1. The molecule has 2 heterocycles. The van der Waals surface area contributed by atoms with Crippen LogP contribution < -0.4 is 0 Å². The van der Waals surface area contributed by atoms with Gasteiger partial charge in [-0.3, -0.25) is 0 Å². The number of hydrogen-bond donors (Lipinski definition) is 2. The normalized spacial score (nSPS) is 11.4. The smallest absolute Gasteiger partial charge is 0.139 e. The third kappa shape index (κ3) is 1.37. The van der Waals surface area contributed by atoms with Gasteiger partial charge in [0, 0.05) is 31.9 Å². The number of halogens is 1. The minimum atomic E-state index is 0.905. The molecule has 3 aromatic rings. The van der Waals surface area contributed by atoms with Crippen LogP contribution in [0.4, 0.5) is 0 Å². The van der Waals surface area contributed by atoms with Gasteiger partial charge >= 0.3 is 0 Å². The molecule has 2 aromatic heterocycles. The van der Waals surface area contributed by atoms with Crippen molar-refractivity contribution in [1.82, 2.24) is 9.97 Å². The summed E-state index contributed by atoms with van der Waals surface area (Å²) < 4.78 is 1.06. The second-order valence-electron chi connectivity index (χ2n) is 3.83. The molecule has 0 saturated carbocycles. The summed E-state index contributed by atoms with van der Waals surface area (Å²) in [6, 6.07) is 6.14. The molecule has 3 rings (SSSR count). The summed E-state index contributed by atoms with van der Waals surface area (Å²) in [6.07, 6.45) is 1.79. The Morgan fingerprint density at radius 2 is 2.19 bits per heavy atom. The fraction of sp³-hybridized carbons (Fsp3) is 0.0833. The molecule has 0 unspecified atom stereocenters. The predicted octanol–water partition coefficient (Wildman–Crippen LogP) is 4.08. The summed E-state index contributed by atoms with van der Waals surface area (Å²) >= 11 is 8.01. The average Bonchev–Trinajstić information content (AvgIpc) is 2.58. The van der Waals surface area contributed by atoms with Crippen LogP contribution in [0, 0.1) is 6.92 Å². The number of aromatic nitrogens is 2. The van der Waals surface area contributed by atoms with E-state index in [1.165, 1.54) is 5.56 Å². The quantitative estimate of drug-likeness (QED) is 0.601. The Hall–Kier alpha value is -1.00. The second-order valence-corrected chi connectivity index (χ2v) is 5.16. The molecule has 1 aromatic carbocycles. The van der Waals surface area contributed by atoms with Crippen LogP contribution in [0.15, 0.2) is 33.8 Å². The lowest BCUT2D eigenvalue weighted by Crippen LogP contribution is -1.76. The van der Waals surface area contributed by atoms with Gasteiger partial charge in [0.25, 0.3) is 0 Å². The van der Waals surface area contributed by atoms with Crippen LogP contribution in [0.2, 0.25) is 0 Å². The number of nitrogens with zero attached hydrogens (tertiary/aromatic N) is 1. The number of hydrogen-bond acceptors (Lipinski definition) is 2. The van der Waals surface area contributed by atoms with E-state index in [4.69, 9.17) is 0 Å². The van der Waals surface area contributed by atoms with Crippen molar-refractivity contribution >= 4 is 50.5 Å². The fourth-order valence-corrected chi connectivity index (χ4v) is 2.64. The summed E-state index contributed by atoms with van der Waals surface area (Å²) in [5.41, 5.74) is 3.17. The van der Waals surface area contributed by atoms with Gasteiger partial charge in [0.15, 0.2) is 0 Å². The maximum Gasteiger partial charge on any atom is 0.139 e. The van der Waals surface area contributed by atoms with Gasteiger partial charge in [0.1, 0.15) is 5.65 Å². The highest BCUT2D eigenvalue weighted by atomic mass is 79.9. The summed E-state index contributed by atoms with van der Waals surface area (Å²) in [7, 11) is 0. The van der Waals surface area contributed by atoms with E-state index in [0.29, 0.717) is 0 Å². The Morgan fingerprint density at radius 1 is 1.38 bits per heavy atom. The highest BCUT2D eigenvalue weighted by molar-refractivity contribution is 9.10. The van der Waals surface area contributed by atoms with E-state index in [2.05, 4.69) is 57.6 Å². The monoisotopic (exact) mass is 292 g/mol. The van der Waals surface area contributed by atoms with Gasteiger partial charge in [-0.1, -0.05) is 0 Å². The Labute approximate surface area is 107 Å². The number of fused-ring (bicyclic) bond motifs is 3. The standard InChI is InChI=1S/C12H9BrN2S/c1-6-4-9-7(5-10(6)16)11-8(13)2-3-14-12(11)15-9/h2-5,16H,1H3,(H,14,15). The summed E-state index contributed by atoms with van der Waals surface area (Å²) in [4.78, 5) is 8.64. The number of rotatable bonds is 0. The molecule has 0 amide bonds. The third-order valence-corrected chi connectivity index (χ3v) is 3.90. The molecule has 1 N–H and O–H groups in total. The summed E-state index contributed by atoms with van der Waals surface area (Å²) in [5.74, 6) is 0. The molecule has 0 aliphatic heterocycles. The molecule has 4 heteroatoms. The molecular formula is C12H9BrN2S. The zero-order valence-corrected chi connectivity index (χ0v) is 11.1. The Kier molecular flexibility index (Phi) is 2.23. The van der Waals surface area contributed by atoms with E-state index in [9.17, 15) is 0 Å². The highest BCUT2D eigenvalue weighted by Gasteiger charge is 2.09. The Morgan fingerprint density at radius 3 is 3.00 bits per heavy atom. The number of nitrogens with one attached hydrogen (secondary N) is 1. The zero-order chi connectivity index (χ0) is 11.3. The number of aryl methyl sites for hydroxylation is 1. The first-order valence-corrected chi connectivity index (χ1v) is 6.16. The van der Waals surface area contributed by atoms with Gasteiger partial charge in [-0.2, -0.15) is 0 Å². The van der Waals surface area contributed by atoms with Crippen molar-refractivity contribution in [3.05, 3.63) is 34.4 Å². The van der Waals surface area contributed by atoms with Crippen LogP contribution in [-0.4, -0.2) is 9.97 Å². The van der Waals surface area contributed by atoms with Crippen molar-refractivity contribution < 1.29 is 0 Å². The van der Waals surface area contributed by atoms with E-state index in [1.807, 2.05) is 6.07 Å². The first-order valence-electron chi connectivity index (χ1n) is 4.92. The SMILES string of the molecule is Cc1cc2[nH]c3nccc(Br)c3c2cc1S. The molecule has 0 saturated heterocycles. The van der Waals surface area contributed by atoms with Crippen LogP contribution in [0.25, 0.3) is 21.9 Å². The lowest BCUT2D eigenvalue weighted by Gasteiger charge is -1.99. The molecule has 0 radical (unpaired) electrons. The Balaban J connectivity index is 2.58. The van der Waals surface area contributed by atoms with Crippen molar-refractivity contribution in [3.63, 3.8) is 0 Å². The average molecular weight is 293 g/mol. The van der Waals surface area contributed by atoms with E-state index in [1.54, 1.807) is 6.20 Å². The van der Waals surface area contributed by atoms with Gasteiger partial charge in [-0.15, -0.1) is 12.6 Å². The molecule has 0 fully saturated rings. The van der Waals surface area contributed by atoms with E-state index < -0.39 is 0 Å². The van der Waals surface area contributed by atoms with Crippen molar-refractivity contribution in [2.24, 2.45) is 0 Å². The molecule has 0 bridgehead atoms. The molecule has 0 aliphatic carbocycles. The summed E-state index contributed by atoms with van der Waals surface area (Å²) in [5, 5.41) is 2.28. The van der Waals surface area contributed by atoms with Crippen molar-refractivity contribution in [2.45, 2.75) is 11.8 Å². The van der Waals surface area contributed by atoms with Gasteiger partial charge in [0.2, 0.25) is 0 Å². The topological polar surface area (TPSA) is 28.7 Å². The van der Waals surface area contributed by atoms with Crippen molar-refractivity contribution in [1.29, 1.82) is 0 Å². The Bertz CT molecular complexity index is 703. The minimum Gasteiger partial charge on any atom is -0.339 e. The minimum absolute atomic E-state index is 0.905. The lowest BCUT2D eigenvalue weighted by molar-refractivity contribution is 1.32. The number of aromatic amines is 1. The number of benzene rings is 1. The zero-order valence-electron chi connectivity index (χ0n) is 8.58. The van der Waals surface area contributed by atoms with Crippen LogP contribution in [0.5, 0.6) is 0 Å². The van der Waals surface area contributed by atoms with Crippen molar-refractivity contribution in [3.8, 4) is 0 Å². The molecule has 0 spiro atoms. The van der Waals surface area contributed by atoms with Gasteiger partial charge in [-0.25, -0.2) is 4.98 Å². The highest BCUT2D eigenvalue weighted by Crippen LogP contribution is 2.32. The number of H-pyrrole nitrogens is 1. The van der Waals surface area contributed by atoms with Crippen molar-refractivity contribution in [2.75, 3.05) is 0 Å². The maximum atomic E-state index is 4.46. The van der Waals surface area contributed by atoms with E-state index >= 15 is 0 Å². The third-order valence-electron chi connectivity index (χ3n) is 2.76. The van der Waals surface area contributed by atoms with E-state index in [-0.39, 0.29) is 0 Å². The molecular weight excluding hydrogens is 284 g/mol. The molecule has 0 aliphatic rings. The van der Waals surface area contributed by atoms with Crippen LogP contribution in [-0.2, 0) is 0 Å². The predicted molar refractivity (Wildman–Crippen MR) is 73.3 cm³/mol. The van der Waals surface area contributed by atoms with Crippen LogP contribution >= 0.6 is 28.6 Å². The van der Waals surface area contributed by atoms with Crippen LogP contribution in [0.1, 0.15) is 5.56 Å². The molecule has 80 valence electrons. The van der Waals surface area contributed by atoms with E-state index in [0.717, 1.165) is 31.3 Å². The largest absolute Gasteiger partial charge is 0.339 e.